The van der Waals surface area contributed by atoms with Crippen molar-refractivity contribution in [3.05, 3.63) is 23.3 Å². The molecular formula is C34H62O4. The Bertz CT molecular complexity index is 599. The highest BCUT2D eigenvalue weighted by Gasteiger charge is 2.11. The van der Waals surface area contributed by atoms with Gasteiger partial charge in [0.1, 0.15) is 0 Å². The molecule has 2 atom stereocenters. The van der Waals surface area contributed by atoms with Gasteiger partial charge in [0.15, 0.2) is 0 Å². The molecule has 0 aliphatic heterocycles. The summed E-state index contributed by atoms with van der Waals surface area (Å²) in [6, 6.07) is 0. The zero-order chi connectivity index (χ0) is 28.6. The third-order valence-electron chi connectivity index (χ3n) is 7.16. The Labute approximate surface area is 236 Å². The van der Waals surface area contributed by atoms with Gasteiger partial charge in [-0.05, 0) is 84.0 Å². The van der Waals surface area contributed by atoms with Crippen molar-refractivity contribution in [2.24, 2.45) is 17.8 Å². The van der Waals surface area contributed by atoms with Crippen LogP contribution in [0.4, 0.5) is 0 Å². The fourth-order valence-corrected chi connectivity index (χ4v) is 4.62. The molecule has 0 saturated carbocycles. The van der Waals surface area contributed by atoms with E-state index in [9.17, 15) is 9.59 Å². The molecule has 0 rings (SSSR count). The molecule has 0 N–H and O–H groups in total. The van der Waals surface area contributed by atoms with Crippen molar-refractivity contribution in [2.75, 3.05) is 13.2 Å². The number of rotatable bonds is 24. The van der Waals surface area contributed by atoms with E-state index >= 15 is 0 Å². The maximum absolute atomic E-state index is 12.0. The smallest absolute Gasteiger partial charge is 0.306 e. The lowest BCUT2D eigenvalue weighted by molar-refractivity contribution is -0.145. The average molecular weight is 535 g/mol. The van der Waals surface area contributed by atoms with Crippen molar-refractivity contribution in [2.45, 2.75) is 151 Å². The van der Waals surface area contributed by atoms with Gasteiger partial charge in [0.25, 0.3) is 0 Å². The summed E-state index contributed by atoms with van der Waals surface area (Å²) in [5.74, 6) is 1.47. The molecule has 0 fully saturated rings. The van der Waals surface area contributed by atoms with Gasteiger partial charge < -0.3 is 9.47 Å². The maximum atomic E-state index is 12.0. The predicted octanol–water partition coefficient (Wildman–Crippen LogP) is 10.2. The van der Waals surface area contributed by atoms with Gasteiger partial charge in [-0.15, -0.1) is 0 Å². The van der Waals surface area contributed by atoms with Gasteiger partial charge in [-0.1, -0.05) is 95.4 Å². The molecule has 2 unspecified atom stereocenters. The minimum absolute atomic E-state index is 0.0400. The molecule has 0 aromatic heterocycles. The Morgan fingerprint density at radius 1 is 0.526 bits per heavy atom. The molecule has 38 heavy (non-hydrogen) atoms. The highest BCUT2D eigenvalue weighted by atomic mass is 16.5. The largest absolute Gasteiger partial charge is 0.466 e. The van der Waals surface area contributed by atoms with Crippen LogP contribution in [-0.4, -0.2) is 25.2 Å². The highest BCUT2D eigenvalue weighted by Crippen LogP contribution is 2.18. The zero-order valence-electron chi connectivity index (χ0n) is 26.2. The van der Waals surface area contributed by atoms with Crippen LogP contribution >= 0.6 is 0 Å². The van der Waals surface area contributed by atoms with Crippen LogP contribution in [0.25, 0.3) is 0 Å². The van der Waals surface area contributed by atoms with Crippen LogP contribution in [0.3, 0.4) is 0 Å². The van der Waals surface area contributed by atoms with E-state index in [0.29, 0.717) is 37.9 Å². The van der Waals surface area contributed by atoms with Crippen molar-refractivity contribution in [1.29, 1.82) is 0 Å². The third kappa shape index (κ3) is 26.0. The second kappa shape index (κ2) is 24.5. The van der Waals surface area contributed by atoms with E-state index in [2.05, 4.69) is 60.6 Å². The first-order chi connectivity index (χ1) is 18.1. The molecule has 0 heterocycles. The number of hydrogen-bond donors (Lipinski definition) is 0. The lowest BCUT2D eigenvalue weighted by Crippen LogP contribution is -2.10. The second-order valence-corrected chi connectivity index (χ2v) is 12.3. The van der Waals surface area contributed by atoms with E-state index < -0.39 is 0 Å². The molecule has 222 valence electrons. The Balaban J connectivity index is 3.53. The quantitative estimate of drug-likeness (QED) is 0.0702. The Morgan fingerprint density at radius 3 is 1.26 bits per heavy atom. The minimum atomic E-state index is -0.0400. The van der Waals surface area contributed by atoms with Crippen molar-refractivity contribution in [3.8, 4) is 0 Å². The fraction of sp³-hybridized carbons (Fsp3) is 0.824. The van der Waals surface area contributed by atoms with E-state index in [-0.39, 0.29) is 11.9 Å². The summed E-state index contributed by atoms with van der Waals surface area (Å²) in [5, 5.41) is 0. The number of carbonyl (C=O) groups is 2. The number of ether oxygens (including phenoxy) is 2. The minimum Gasteiger partial charge on any atom is -0.466 e. The highest BCUT2D eigenvalue weighted by molar-refractivity contribution is 5.69. The molecule has 0 spiro atoms. The van der Waals surface area contributed by atoms with Crippen molar-refractivity contribution < 1.29 is 19.1 Å². The summed E-state index contributed by atoms with van der Waals surface area (Å²) >= 11 is 0. The summed E-state index contributed by atoms with van der Waals surface area (Å²) in [7, 11) is 0. The van der Waals surface area contributed by atoms with E-state index in [4.69, 9.17) is 9.47 Å². The van der Waals surface area contributed by atoms with Crippen LogP contribution in [0.2, 0.25) is 0 Å². The van der Waals surface area contributed by atoms with Crippen LogP contribution < -0.4 is 0 Å². The lowest BCUT2D eigenvalue weighted by Gasteiger charge is -2.12. The monoisotopic (exact) mass is 534 g/mol. The van der Waals surface area contributed by atoms with Crippen molar-refractivity contribution in [3.63, 3.8) is 0 Å². The number of allylic oxidation sites excluding steroid dienone is 4. The van der Waals surface area contributed by atoms with E-state index in [1.54, 1.807) is 0 Å². The molecule has 0 radical (unpaired) electrons. The maximum Gasteiger partial charge on any atom is 0.306 e. The van der Waals surface area contributed by atoms with Gasteiger partial charge in [0.05, 0.1) is 13.2 Å². The molecule has 0 saturated heterocycles. The summed E-state index contributed by atoms with van der Waals surface area (Å²) in [6.07, 6.45) is 21.5. The van der Waals surface area contributed by atoms with Crippen molar-refractivity contribution >= 4 is 11.9 Å². The molecule has 0 amide bonds. The SMILES string of the molecule is CC(C)=CCCC(C)CC(=O)OCCCCCCC(C)CCCCCCOC(=O)CC(C)CCC=C(C)C. The molecule has 0 aromatic carbocycles. The summed E-state index contributed by atoms with van der Waals surface area (Å²) in [4.78, 5) is 23.9. The summed E-state index contributed by atoms with van der Waals surface area (Å²) in [5.41, 5.74) is 2.68. The van der Waals surface area contributed by atoms with Gasteiger partial charge >= 0.3 is 11.9 Å². The first kappa shape index (κ1) is 36.4. The van der Waals surface area contributed by atoms with Gasteiger partial charge in [-0.25, -0.2) is 0 Å². The predicted molar refractivity (Wildman–Crippen MR) is 162 cm³/mol. The molecule has 0 aliphatic carbocycles. The summed E-state index contributed by atoms with van der Waals surface area (Å²) in [6.45, 7) is 16.2. The van der Waals surface area contributed by atoms with Crippen LogP contribution in [0.1, 0.15) is 151 Å². The molecule has 4 heteroatoms. The van der Waals surface area contributed by atoms with Crippen LogP contribution in [0.5, 0.6) is 0 Å². The first-order valence-corrected chi connectivity index (χ1v) is 15.7. The fourth-order valence-electron chi connectivity index (χ4n) is 4.62. The lowest BCUT2D eigenvalue weighted by atomic mass is 9.96. The molecule has 4 nitrogen and oxygen atoms in total. The normalized spacial score (nSPS) is 13.3. The summed E-state index contributed by atoms with van der Waals surface area (Å²) < 4.78 is 10.9. The molecule has 0 bridgehead atoms. The van der Waals surface area contributed by atoms with Gasteiger partial charge in [-0.2, -0.15) is 0 Å². The van der Waals surface area contributed by atoms with Crippen LogP contribution in [0.15, 0.2) is 23.3 Å². The third-order valence-corrected chi connectivity index (χ3v) is 7.16. The van der Waals surface area contributed by atoms with Gasteiger partial charge in [0.2, 0.25) is 0 Å². The zero-order valence-corrected chi connectivity index (χ0v) is 26.2. The molecule has 0 aliphatic rings. The number of esters is 2. The van der Waals surface area contributed by atoms with E-state index in [1.165, 1.54) is 49.7 Å². The number of carbonyl (C=O) groups excluding carboxylic acids is 2. The van der Waals surface area contributed by atoms with E-state index in [0.717, 1.165) is 57.3 Å². The van der Waals surface area contributed by atoms with E-state index in [1.807, 2.05) is 0 Å². The topological polar surface area (TPSA) is 52.6 Å². The number of hydrogen-bond acceptors (Lipinski definition) is 4. The van der Waals surface area contributed by atoms with Gasteiger partial charge in [0, 0.05) is 12.8 Å². The molecular weight excluding hydrogens is 472 g/mol. The van der Waals surface area contributed by atoms with Crippen molar-refractivity contribution in [1.82, 2.24) is 0 Å². The Morgan fingerprint density at radius 2 is 0.895 bits per heavy atom. The standard InChI is InChI=1S/C34H62O4/c1-28(2)18-16-22-31(6)26-33(35)37-24-14-10-8-12-20-30(5)21-13-9-11-15-25-38-34(36)27-32(7)23-17-19-29(3)4/h18-19,30-32H,8-17,20-27H2,1-7H3. The van der Waals surface area contributed by atoms with Crippen LogP contribution in [0, 0.1) is 17.8 Å². The van der Waals surface area contributed by atoms with Crippen LogP contribution in [-0.2, 0) is 19.1 Å². The Hall–Kier alpha value is -1.58. The Kier molecular flexibility index (Phi) is 23.4. The van der Waals surface area contributed by atoms with Gasteiger partial charge in [-0.3, -0.25) is 9.59 Å². The second-order valence-electron chi connectivity index (χ2n) is 12.3. The number of unbranched alkanes of at least 4 members (excludes halogenated alkanes) is 6. The molecule has 0 aromatic rings. The first-order valence-electron chi connectivity index (χ1n) is 15.7. The average Bonchev–Trinajstić information content (AvgIpc) is 2.82.